The molecular weight excluding hydrogens is 328 g/mol. The molecule has 0 saturated carbocycles. The third-order valence-corrected chi connectivity index (χ3v) is 4.40. The molecule has 1 heterocycles. The summed E-state index contributed by atoms with van der Waals surface area (Å²) in [6.45, 7) is 11.6. The lowest BCUT2D eigenvalue weighted by molar-refractivity contribution is 0.0179. The normalized spacial score (nSPS) is 17.1. The summed E-state index contributed by atoms with van der Waals surface area (Å²) >= 11 is 0. The van der Waals surface area contributed by atoms with E-state index in [-0.39, 0.29) is 6.04 Å². The maximum atomic E-state index is 5.52. The molecule has 1 unspecified atom stereocenters. The summed E-state index contributed by atoms with van der Waals surface area (Å²) in [7, 11) is 0. The van der Waals surface area contributed by atoms with Crippen LogP contribution in [-0.2, 0) is 9.47 Å². The zero-order chi connectivity index (χ0) is 18.5. The second kappa shape index (κ2) is 12.7. The first-order valence-corrected chi connectivity index (χ1v) is 9.81. The van der Waals surface area contributed by atoms with E-state index in [1.165, 1.54) is 5.56 Å². The number of morpholine rings is 1. The fourth-order valence-corrected chi connectivity index (χ4v) is 3.04. The number of rotatable bonds is 10. The summed E-state index contributed by atoms with van der Waals surface area (Å²) in [5.41, 5.74) is 1.31. The quantitative estimate of drug-likeness (QED) is 0.379. The van der Waals surface area contributed by atoms with Crippen molar-refractivity contribution in [1.29, 1.82) is 0 Å². The van der Waals surface area contributed by atoms with Crippen LogP contribution in [0.1, 0.15) is 31.9 Å². The highest BCUT2D eigenvalue weighted by atomic mass is 16.5. The highest BCUT2D eigenvalue weighted by Crippen LogP contribution is 2.22. The van der Waals surface area contributed by atoms with Crippen molar-refractivity contribution in [3.05, 3.63) is 35.9 Å². The molecule has 0 radical (unpaired) electrons. The van der Waals surface area contributed by atoms with Crippen LogP contribution in [0.25, 0.3) is 0 Å². The van der Waals surface area contributed by atoms with Gasteiger partial charge >= 0.3 is 0 Å². The van der Waals surface area contributed by atoms with Crippen molar-refractivity contribution in [3.8, 4) is 0 Å². The zero-order valence-corrected chi connectivity index (χ0v) is 16.2. The van der Waals surface area contributed by atoms with Crippen molar-refractivity contribution in [2.45, 2.75) is 26.3 Å². The lowest BCUT2D eigenvalue weighted by atomic mass is 10.1. The van der Waals surface area contributed by atoms with E-state index in [0.717, 1.165) is 71.5 Å². The Bertz CT molecular complexity index is 504. The zero-order valence-electron chi connectivity index (χ0n) is 16.2. The predicted octanol–water partition coefficient (Wildman–Crippen LogP) is 2.04. The minimum absolute atomic E-state index is 0.277. The summed E-state index contributed by atoms with van der Waals surface area (Å²) in [5.74, 6) is 0.873. The molecule has 6 nitrogen and oxygen atoms in total. The SMILES string of the molecule is CCNC(=NCC(c1ccccc1)N1CCOCC1)NCCCOCC. The fraction of sp³-hybridized carbons (Fsp3) is 0.650. The minimum atomic E-state index is 0.277. The molecule has 1 fully saturated rings. The van der Waals surface area contributed by atoms with Gasteiger partial charge in [0, 0.05) is 39.4 Å². The maximum Gasteiger partial charge on any atom is 0.191 e. The summed E-state index contributed by atoms with van der Waals surface area (Å²) in [6, 6.07) is 10.9. The molecule has 0 spiro atoms. The standard InChI is InChI=1S/C20H34N4O2/c1-3-21-20(22-11-8-14-25-4-2)23-17-19(18-9-6-5-7-10-18)24-12-15-26-16-13-24/h5-7,9-10,19H,3-4,8,11-17H2,1-2H3,(H2,21,22,23). The largest absolute Gasteiger partial charge is 0.382 e. The van der Waals surface area contributed by atoms with Gasteiger partial charge in [0.1, 0.15) is 0 Å². The second-order valence-corrected chi connectivity index (χ2v) is 6.27. The van der Waals surface area contributed by atoms with Gasteiger partial charge in [0.15, 0.2) is 5.96 Å². The van der Waals surface area contributed by atoms with Gasteiger partial charge in [0.2, 0.25) is 0 Å². The van der Waals surface area contributed by atoms with Crippen LogP contribution < -0.4 is 10.6 Å². The molecule has 0 bridgehead atoms. The number of hydrogen-bond acceptors (Lipinski definition) is 4. The highest BCUT2D eigenvalue weighted by Gasteiger charge is 2.22. The molecule has 1 saturated heterocycles. The molecule has 1 aromatic rings. The molecule has 146 valence electrons. The minimum Gasteiger partial charge on any atom is -0.382 e. The van der Waals surface area contributed by atoms with Crippen LogP contribution in [0.15, 0.2) is 35.3 Å². The lowest BCUT2D eigenvalue weighted by Gasteiger charge is -2.34. The van der Waals surface area contributed by atoms with Gasteiger partial charge < -0.3 is 20.1 Å². The molecule has 26 heavy (non-hydrogen) atoms. The average Bonchev–Trinajstić information content (AvgIpc) is 2.69. The molecule has 2 rings (SSSR count). The Balaban J connectivity index is 1.98. The highest BCUT2D eigenvalue weighted by molar-refractivity contribution is 5.79. The Hall–Kier alpha value is -1.63. The number of ether oxygens (including phenoxy) is 2. The number of nitrogens with zero attached hydrogens (tertiary/aromatic N) is 2. The predicted molar refractivity (Wildman–Crippen MR) is 107 cm³/mol. The van der Waals surface area contributed by atoms with E-state index in [9.17, 15) is 0 Å². The van der Waals surface area contributed by atoms with E-state index in [2.05, 4.69) is 52.8 Å². The molecule has 0 aromatic heterocycles. The summed E-state index contributed by atoms with van der Waals surface area (Å²) in [5, 5.41) is 6.74. The van der Waals surface area contributed by atoms with Gasteiger partial charge in [0.25, 0.3) is 0 Å². The van der Waals surface area contributed by atoms with Gasteiger partial charge in [-0.05, 0) is 25.8 Å². The molecule has 1 aliphatic rings. The Morgan fingerprint density at radius 2 is 1.96 bits per heavy atom. The first-order chi connectivity index (χ1) is 12.8. The van der Waals surface area contributed by atoms with Crippen LogP contribution in [0.2, 0.25) is 0 Å². The Labute approximate surface area is 158 Å². The van der Waals surface area contributed by atoms with Crippen LogP contribution in [0.4, 0.5) is 0 Å². The summed E-state index contributed by atoms with van der Waals surface area (Å²) in [6.07, 6.45) is 0.976. The van der Waals surface area contributed by atoms with E-state index in [4.69, 9.17) is 14.5 Å². The summed E-state index contributed by atoms with van der Waals surface area (Å²) in [4.78, 5) is 7.33. The number of nitrogens with one attached hydrogen (secondary N) is 2. The molecular formula is C20H34N4O2. The van der Waals surface area contributed by atoms with Crippen molar-refractivity contribution < 1.29 is 9.47 Å². The number of hydrogen-bond donors (Lipinski definition) is 2. The monoisotopic (exact) mass is 362 g/mol. The van der Waals surface area contributed by atoms with Crippen LogP contribution in [0, 0.1) is 0 Å². The van der Waals surface area contributed by atoms with Crippen molar-refractivity contribution in [3.63, 3.8) is 0 Å². The van der Waals surface area contributed by atoms with E-state index in [1.807, 2.05) is 6.92 Å². The first-order valence-electron chi connectivity index (χ1n) is 9.81. The molecule has 0 aliphatic carbocycles. The number of benzene rings is 1. The van der Waals surface area contributed by atoms with Crippen LogP contribution in [0.3, 0.4) is 0 Å². The molecule has 6 heteroatoms. The van der Waals surface area contributed by atoms with E-state index < -0.39 is 0 Å². The number of guanidine groups is 1. The molecule has 1 atom stereocenters. The third-order valence-electron chi connectivity index (χ3n) is 4.40. The first kappa shape index (κ1) is 20.7. The van der Waals surface area contributed by atoms with Gasteiger partial charge in [-0.1, -0.05) is 30.3 Å². The molecule has 2 N–H and O–H groups in total. The average molecular weight is 363 g/mol. The summed E-state index contributed by atoms with van der Waals surface area (Å²) < 4.78 is 10.9. The van der Waals surface area contributed by atoms with Crippen LogP contribution >= 0.6 is 0 Å². The van der Waals surface area contributed by atoms with Crippen molar-refractivity contribution in [1.82, 2.24) is 15.5 Å². The van der Waals surface area contributed by atoms with Gasteiger partial charge in [-0.25, -0.2) is 0 Å². The van der Waals surface area contributed by atoms with Gasteiger partial charge in [-0.2, -0.15) is 0 Å². The maximum absolute atomic E-state index is 5.52. The van der Waals surface area contributed by atoms with Gasteiger partial charge in [0.05, 0.1) is 25.8 Å². The smallest absolute Gasteiger partial charge is 0.191 e. The van der Waals surface area contributed by atoms with Crippen molar-refractivity contribution in [2.24, 2.45) is 4.99 Å². The third kappa shape index (κ3) is 7.32. The van der Waals surface area contributed by atoms with E-state index >= 15 is 0 Å². The topological polar surface area (TPSA) is 58.1 Å². The van der Waals surface area contributed by atoms with Gasteiger partial charge in [-0.15, -0.1) is 0 Å². The molecule has 1 aromatic carbocycles. The van der Waals surface area contributed by atoms with Crippen molar-refractivity contribution in [2.75, 3.05) is 59.2 Å². The Morgan fingerprint density at radius 1 is 1.19 bits per heavy atom. The van der Waals surface area contributed by atoms with Crippen LogP contribution in [0.5, 0.6) is 0 Å². The van der Waals surface area contributed by atoms with Gasteiger partial charge in [-0.3, -0.25) is 9.89 Å². The van der Waals surface area contributed by atoms with E-state index in [0.29, 0.717) is 0 Å². The fourth-order valence-electron chi connectivity index (χ4n) is 3.04. The van der Waals surface area contributed by atoms with Crippen molar-refractivity contribution >= 4 is 5.96 Å². The number of aliphatic imine (C=N–C) groups is 1. The van der Waals surface area contributed by atoms with Crippen LogP contribution in [-0.4, -0.2) is 70.0 Å². The molecule has 1 aliphatic heterocycles. The molecule has 0 amide bonds. The second-order valence-electron chi connectivity index (χ2n) is 6.27. The lowest BCUT2D eigenvalue weighted by Crippen LogP contribution is -2.42. The van der Waals surface area contributed by atoms with E-state index in [1.54, 1.807) is 0 Å². The Kier molecular flexibility index (Phi) is 10.1. The Morgan fingerprint density at radius 3 is 2.65 bits per heavy atom.